The largest absolute Gasteiger partial charge is 0.507 e. The van der Waals surface area contributed by atoms with E-state index in [-0.39, 0.29) is 17.0 Å². The summed E-state index contributed by atoms with van der Waals surface area (Å²) in [4.78, 5) is 21.6. The molecule has 120 valence electrons. The lowest BCUT2D eigenvalue weighted by Crippen LogP contribution is -1.94. The monoisotopic (exact) mass is 313 g/mol. The fraction of sp³-hybridized carbons (Fsp3) is 0.278. The number of aromatic hydroxyl groups is 1. The van der Waals surface area contributed by atoms with Crippen molar-refractivity contribution in [1.29, 1.82) is 0 Å². The molecular weight excluding hydrogens is 294 g/mol. The van der Waals surface area contributed by atoms with Gasteiger partial charge >= 0.3 is 0 Å². The number of rotatable bonds is 7. The van der Waals surface area contributed by atoms with Crippen molar-refractivity contribution in [3.8, 4) is 16.9 Å². The van der Waals surface area contributed by atoms with Gasteiger partial charge in [-0.25, -0.2) is 0 Å². The van der Waals surface area contributed by atoms with Crippen LogP contribution in [0.25, 0.3) is 11.1 Å². The Kier molecular flexibility index (Phi) is 5.46. The molecule has 0 radical (unpaired) electrons. The van der Waals surface area contributed by atoms with Crippen molar-refractivity contribution in [3.63, 3.8) is 0 Å². The third kappa shape index (κ3) is 3.94. The summed E-state index contributed by atoms with van der Waals surface area (Å²) in [6.45, 7) is 2.11. The number of phenols is 1. The summed E-state index contributed by atoms with van der Waals surface area (Å²) in [6, 6.07) is 9.53. The highest BCUT2D eigenvalue weighted by atomic mass is 16.6. The third-order valence-corrected chi connectivity index (χ3v) is 3.76. The predicted molar refractivity (Wildman–Crippen MR) is 88.8 cm³/mol. The Morgan fingerprint density at radius 1 is 1.22 bits per heavy atom. The number of aldehydes is 1. The summed E-state index contributed by atoms with van der Waals surface area (Å²) in [5.74, 6) is -0.139. The Balaban J connectivity index is 2.47. The number of carbonyl (C=O) groups is 1. The maximum absolute atomic E-state index is 11.2. The molecule has 0 amide bonds. The van der Waals surface area contributed by atoms with Gasteiger partial charge in [0.25, 0.3) is 5.69 Å². The normalized spacial score (nSPS) is 10.5. The van der Waals surface area contributed by atoms with Crippen LogP contribution in [0.1, 0.15) is 42.1 Å². The number of hydrogen-bond acceptors (Lipinski definition) is 4. The quantitative estimate of drug-likeness (QED) is 0.353. The van der Waals surface area contributed by atoms with Gasteiger partial charge in [0.1, 0.15) is 5.75 Å². The number of non-ortho nitro benzene ring substituents is 1. The average molecular weight is 313 g/mol. The molecule has 2 aromatic rings. The first-order valence-corrected chi connectivity index (χ1v) is 7.62. The topological polar surface area (TPSA) is 80.4 Å². The molecule has 2 rings (SSSR count). The number of aryl methyl sites for hydroxylation is 1. The highest BCUT2D eigenvalue weighted by Crippen LogP contribution is 2.34. The van der Waals surface area contributed by atoms with E-state index >= 15 is 0 Å². The van der Waals surface area contributed by atoms with Crippen LogP contribution in [0.2, 0.25) is 0 Å². The Labute approximate surface area is 134 Å². The van der Waals surface area contributed by atoms with Crippen LogP contribution in [-0.2, 0) is 6.42 Å². The Morgan fingerprint density at radius 3 is 2.65 bits per heavy atom. The zero-order valence-corrected chi connectivity index (χ0v) is 13.0. The fourth-order valence-electron chi connectivity index (χ4n) is 2.54. The number of carbonyl (C=O) groups excluding carboxylic acids is 1. The van der Waals surface area contributed by atoms with E-state index in [1.807, 2.05) is 0 Å². The minimum atomic E-state index is -0.480. The summed E-state index contributed by atoms with van der Waals surface area (Å²) in [7, 11) is 0. The molecule has 23 heavy (non-hydrogen) atoms. The van der Waals surface area contributed by atoms with E-state index in [9.17, 15) is 20.0 Å². The predicted octanol–water partition coefficient (Wildman–Crippen LogP) is 4.51. The zero-order valence-electron chi connectivity index (χ0n) is 13.0. The lowest BCUT2D eigenvalue weighted by molar-refractivity contribution is -0.384. The minimum Gasteiger partial charge on any atom is -0.507 e. The van der Waals surface area contributed by atoms with Crippen molar-refractivity contribution in [2.24, 2.45) is 0 Å². The van der Waals surface area contributed by atoms with E-state index in [2.05, 4.69) is 6.92 Å². The maximum Gasteiger partial charge on any atom is 0.270 e. The van der Waals surface area contributed by atoms with Gasteiger partial charge in [-0.15, -0.1) is 0 Å². The molecule has 0 aliphatic carbocycles. The van der Waals surface area contributed by atoms with Crippen LogP contribution >= 0.6 is 0 Å². The first kappa shape index (κ1) is 16.7. The van der Waals surface area contributed by atoms with Gasteiger partial charge in [-0.2, -0.15) is 0 Å². The van der Waals surface area contributed by atoms with Gasteiger partial charge in [0.05, 0.1) is 10.5 Å². The maximum atomic E-state index is 11.2. The molecule has 0 aromatic heterocycles. The Bertz CT molecular complexity index is 725. The fourth-order valence-corrected chi connectivity index (χ4v) is 2.54. The smallest absolute Gasteiger partial charge is 0.270 e. The molecule has 0 bridgehead atoms. The van der Waals surface area contributed by atoms with Crippen molar-refractivity contribution in [2.45, 2.75) is 32.6 Å². The zero-order chi connectivity index (χ0) is 16.8. The van der Waals surface area contributed by atoms with Crippen molar-refractivity contribution in [3.05, 3.63) is 57.6 Å². The van der Waals surface area contributed by atoms with E-state index in [0.29, 0.717) is 17.4 Å². The number of benzene rings is 2. The Hall–Kier alpha value is -2.69. The molecule has 2 aromatic carbocycles. The molecule has 0 aliphatic heterocycles. The summed E-state index contributed by atoms with van der Waals surface area (Å²) in [5, 5.41) is 21.2. The molecule has 0 saturated carbocycles. The minimum absolute atomic E-state index is 0.0501. The van der Waals surface area contributed by atoms with Gasteiger partial charge in [-0.1, -0.05) is 31.9 Å². The van der Waals surface area contributed by atoms with E-state index in [4.69, 9.17) is 0 Å². The Morgan fingerprint density at radius 2 is 2.00 bits per heavy atom. The second kappa shape index (κ2) is 7.54. The van der Waals surface area contributed by atoms with Gasteiger partial charge in [0.15, 0.2) is 6.29 Å². The van der Waals surface area contributed by atoms with Gasteiger partial charge in [-0.3, -0.25) is 14.9 Å². The first-order valence-electron chi connectivity index (χ1n) is 7.62. The van der Waals surface area contributed by atoms with Crippen LogP contribution < -0.4 is 0 Å². The van der Waals surface area contributed by atoms with Crippen LogP contribution in [0.4, 0.5) is 5.69 Å². The lowest BCUT2D eigenvalue weighted by atomic mass is 9.96. The molecule has 5 heteroatoms. The van der Waals surface area contributed by atoms with Crippen LogP contribution in [0.5, 0.6) is 5.75 Å². The summed E-state index contributed by atoms with van der Waals surface area (Å²) in [6.07, 6.45) is 4.59. The lowest BCUT2D eigenvalue weighted by Gasteiger charge is -2.11. The molecule has 0 aliphatic rings. The van der Waals surface area contributed by atoms with E-state index < -0.39 is 4.92 Å². The number of hydrogen-bond donors (Lipinski definition) is 1. The number of unbranched alkanes of at least 4 members (excludes halogenated alkanes) is 2. The van der Waals surface area contributed by atoms with Crippen LogP contribution in [0.15, 0.2) is 36.4 Å². The SMILES string of the molecule is CCCCCc1cc(C=O)c(O)c(-c2cccc([N+](=O)[O-])c2)c1. The highest BCUT2D eigenvalue weighted by Gasteiger charge is 2.14. The average Bonchev–Trinajstić information content (AvgIpc) is 2.56. The second-order valence-electron chi connectivity index (χ2n) is 5.46. The first-order chi connectivity index (χ1) is 11.1. The molecule has 0 spiro atoms. The van der Waals surface area contributed by atoms with Crippen LogP contribution in [0.3, 0.4) is 0 Å². The number of nitro benzene ring substituents is 1. The van der Waals surface area contributed by atoms with Crippen molar-refractivity contribution in [2.75, 3.05) is 0 Å². The highest BCUT2D eigenvalue weighted by molar-refractivity contribution is 5.86. The molecule has 0 unspecified atom stereocenters. The van der Waals surface area contributed by atoms with Gasteiger partial charge in [0, 0.05) is 17.7 Å². The molecule has 0 heterocycles. The molecule has 1 N–H and O–H groups in total. The standard InChI is InChI=1S/C18H19NO4/c1-2-3-4-6-13-9-15(12-20)18(21)17(10-13)14-7-5-8-16(11-14)19(22)23/h5,7-12,21H,2-4,6H2,1H3. The van der Waals surface area contributed by atoms with Gasteiger partial charge < -0.3 is 5.11 Å². The van der Waals surface area contributed by atoms with Crippen molar-refractivity contribution >= 4 is 12.0 Å². The third-order valence-electron chi connectivity index (χ3n) is 3.76. The molecule has 5 nitrogen and oxygen atoms in total. The summed E-state index contributed by atoms with van der Waals surface area (Å²) >= 11 is 0. The van der Waals surface area contributed by atoms with Gasteiger partial charge in [0.2, 0.25) is 0 Å². The van der Waals surface area contributed by atoms with E-state index in [1.54, 1.807) is 24.3 Å². The second-order valence-corrected chi connectivity index (χ2v) is 5.46. The van der Waals surface area contributed by atoms with Crippen molar-refractivity contribution < 1.29 is 14.8 Å². The molecule has 0 saturated heterocycles. The van der Waals surface area contributed by atoms with Crippen molar-refractivity contribution in [1.82, 2.24) is 0 Å². The van der Waals surface area contributed by atoms with Crippen LogP contribution in [0, 0.1) is 10.1 Å². The van der Waals surface area contributed by atoms with Crippen LogP contribution in [-0.4, -0.2) is 16.3 Å². The molecule has 0 fully saturated rings. The number of nitrogens with zero attached hydrogens (tertiary/aromatic N) is 1. The summed E-state index contributed by atoms with van der Waals surface area (Å²) in [5.41, 5.74) is 2.08. The number of phenolic OH excluding ortho intramolecular Hbond substituents is 1. The molecular formula is C18H19NO4. The number of nitro groups is 1. The van der Waals surface area contributed by atoms with E-state index in [1.165, 1.54) is 12.1 Å². The molecule has 0 atom stereocenters. The summed E-state index contributed by atoms with van der Waals surface area (Å²) < 4.78 is 0. The van der Waals surface area contributed by atoms with Gasteiger partial charge in [-0.05, 0) is 36.1 Å². The van der Waals surface area contributed by atoms with E-state index in [0.717, 1.165) is 31.2 Å².